The summed E-state index contributed by atoms with van der Waals surface area (Å²) in [5.74, 6) is 3.61. The van der Waals surface area contributed by atoms with Gasteiger partial charge in [-0.15, -0.1) is 0 Å². The van der Waals surface area contributed by atoms with Crippen molar-refractivity contribution in [3.63, 3.8) is 0 Å². The summed E-state index contributed by atoms with van der Waals surface area (Å²) in [6, 6.07) is 0. The molecule has 0 spiro atoms. The normalized spacial score (nSPS) is 18.9. The van der Waals surface area contributed by atoms with Crippen molar-refractivity contribution in [2.24, 2.45) is 17.6 Å². The van der Waals surface area contributed by atoms with Crippen molar-refractivity contribution >= 4 is 0 Å². The number of aromatic nitrogens is 2. The average molecular weight is 293 g/mol. The molecule has 0 aliphatic heterocycles. The van der Waals surface area contributed by atoms with Crippen LogP contribution < -0.4 is 5.73 Å². The molecule has 1 aromatic heterocycles. The molecule has 2 rings (SSSR count). The molecule has 0 radical (unpaired) electrons. The first-order valence-corrected chi connectivity index (χ1v) is 8.73. The predicted octanol–water partition coefficient (Wildman–Crippen LogP) is 4.06. The summed E-state index contributed by atoms with van der Waals surface area (Å²) in [5.41, 5.74) is 5.70. The molecule has 2 N–H and O–H groups in total. The summed E-state index contributed by atoms with van der Waals surface area (Å²) in [6.45, 7) is 5.30. The van der Waals surface area contributed by atoms with Gasteiger partial charge >= 0.3 is 0 Å². The maximum absolute atomic E-state index is 5.70. The maximum atomic E-state index is 5.70. The van der Waals surface area contributed by atoms with E-state index in [-0.39, 0.29) is 0 Å². The molecule has 1 fully saturated rings. The molecule has 1 atom stereocenters. The first-order valence-electron chi connectivity index (χ1n) is 8.73. The fourth-order valence-corrected chi connectivity index (χ4v) is 3.41. The Hall–Kier alpha value is -0.900. The summed E-state index contributed by atoms with van der Waals surface area (Å²) >= 11 is 0. The Morgan fingerprint density at radius 2 is 1.86 bits per heavy atom. The molecule has 1 saturated carbocycles. The van der Waals surface area contributed by atoms with E-state index < -0.39 is 0 Å². The van der Waals surface area contributed by atoms with Crippen LogP contribution in [0.4, 0.5) is 0 Å². The van der Waals surface area contributed by atoms with Crippen molar-refractivity contribution in [3.05, 3.63) is 11.7 Å². The number of hydrogen-bond acceptors (Lipinski definition) is 4. The Kier molecular flexibility index (Phi) is 6.68. The molecule has 0 amide bonds. The predicted molar refractivity (Wildman–Crippen MR) is 85.1 cm³/mol. The highest BCUT2D eigenvalue weighted by atomic mass is 16.5. The van der Waals surface area contributed by atoms with Crippen molar-refractivity contribution in [2.75, 3.05) is 6.54 Å². The Labute approximate surface area is 128 Å². The van der Waals surface area contributed by atoms with Crippen LogP contribution in [0.25, 0.3) is 0 Å². The minimum Gasteiger partial charge on any atom is -0.339 e. The van der Waals surface area contributed by atoms with Gasteiger partial charge in [0.25, 0.3) is 0 Å². The highest BCUT2D eigenvalue weighted by Gasteiger charge is 2.20. The van der Waals surface area contributed by atoms with Gasteiger partial charge in [-0.2, -0.15) is 4.98 Å². The molecule has 1 aliphatic rings. The quantitative estimate of drug-likeness (QED) is 0.770. The van der Waals surface area contributed by atoms with Crippen molar-refractivity contribution in [3.8, 4) is 0 Å². The Morgan fingerprint density at radius 1 is 1.14 bits per heavy atom. The molecule has 1 aliphatic carbocycles. The highest BCUT2D eigenvalue weighted by molar-refractivity contribution is 4.96. The van der Waals surface area contributed by atoms with E-state index >= 15 is 0 Å². The van der Waals surface area contributed by atoms with Crippen LogP contribution in [-0.2, 0) is 6.42 Å². The molecule has 4 nitrogen and oxygen atoms in total. The fourth-order valence-electron chi connectivity index (χ4n) is 3.41. The molecular weight excluding hydrogens is 262 g/mol. The van der Waals surface area contributed by atoms with E-state index in [4.69, 9.17) is 10.3 Å². The van der Waals surface area contributed by atoms with Gasteiger partial charge in [0.1, 0.15) is 0 Å². The summed E-state index contributed by atoms with van der Waals surface area (Å²) in [6.07, 6.45) is 10.8. The topological polar surface area (TPSA) is 64.9 Å². The maximum Gasteiger partial charge on any atom is 0.226 e. The molecule has 0 aromatic carbocycles. The van der Waals surface area contributed by atoms with E-state index in [9.17, 15) is 0 Å². The Morgan fingerprint density at radius 3 is 2.48 bits per heavy atom. The van der Waals surface area contributed by atoms with Gasteiger partial charge in [-0.1, -0.05) is 44.7 Å². The van der Waals surface area contributed by atoms with Crippen LogP contribution >= 0.6 is 0 Å². The largest absolute Gasteiger partial charge is 0.339 e. The second kappa shape index (κ2) is 8.52. The van der Waals surface area contributed by atoms with Crippen LogP contribution in [0.2, 0.25) is 0 Å². The van der Waals surface area contributed by atoms with E-state index in [0.29, 0.717) is 17.8 Å². The molecule has 1 aromatic rings. The third-order valence-electron chi connectivity index (χ3n) is 4.91. The average Bonchev–Trinajstić information content (AvgIpc) is 2.77. The molecular formula is C17H31N3O. The third kappa shape index (κ3) is 5.10. The van der Waals surface area contributed by atoms with Crippen molar-refractivity contribution in [2.45, 2.75) is 77.6 Å². The lowest BCUT2D eigenvalue weighted by atomic mass is 9.88. The van der Waals surface area contributed by atoms with Crippen LogP contribution in [0.5, 0.6) is 0 Å². The SMILES string of the molecule is CC(C)C(CCN)CCc1nc(C2CCCCCC2)no1. The zero-order chi connectivity index (χ0) is 15.1. The zero-order valence-corrected chi connectivity index (χ0v) is 13.7. The second-order valence-corrected chi connectivity index (χ2v) is 6.85. The molecule has 120 valence electrons. The summed E-state index contributed by atoms with van der Waals surface area (Å²) < 4.78 is 5.47. The highest BCUT2D eigenvalue weighted by Crippen LogP contribution is 2.30. The smallest absolute Gasteiger partial charge is 0.226 e. The van der Waals surface area contributed by atoms with Crippen molar-refractivity contribution in [1.82, 2.24) is 10.1 Å². The van der Waals surface area contributed by atoms with E-state index in [1.54, 1.807) is 0 Å². The van der Waals surface area contributed by atoms with Gasteiger partial charge in [-0.05, 0) is 44.1 Å². The van der Waals surface area contributed by atoms with E-state index in [1.807, 2.05) is 0 Å². The fraction of sp³-hybridized carbons (Fsp3) is 0.882. The minimum absolute atomic E-state index is 0.523. The van der Waals surface area contributed by atoms with Crippen molar-refractivity contribution < 1.29 is 4.52 Å². The number of nitrogens with two attached hydrogens (primary N) is 1. The van der Waals surface area contributed by atoms with Gasteiger partial charge in [-0.3, -0.25) is 0 Å². The first-order chi connectivity index (χ1) is 10.2. The first kappa shape index (κ1) is 16.5. The monoisotopic (exact) mass is 293 g/mol. The van der Waals surface area contributed by atoms with Crippen LogP contribution in [0.15, 0.2) is 4.52 Å². The molecule has 21 heavy (non-hydrogen) atoms. The van der Waals surface area contributed by atoms with Gasteiger partial charge in [0.05, 0.1) is 0 Å². The minimum atomic E-state index is 0.523. The van der Waals surface area contributed by atoms with Gasteiger partial charge in [0, 0.05) is 12.3 Å². The molecule has 4 heteroatoms. The molecule has 1 heterocycles. The summed E-state index contributed by atoms with van der Waals surface area (Å²) in [7, 11) is 0. The third-order valence-corrected chi connectivity index (χ3v) is 4.91. The molecule has 1 unspecified atom stereocenters. The zero-order valence-electron chi connectivity index (χ0n) is 13.7. The van der Waals surface area contributed by atoms with Gasteiger partial charge in [0.15, 0.2) is 5.82 Å². The lowest BCUT2D eigenvalue weighted by Crippen LogP contribution is -2.15. The standard InChI is InChI=1S/C17H31N3O/c1-13(2)14(11-12-18)9-10-16-19-17(20-21-16)15-7-5-3-4-6-8-15/h13-15H,3-12,18H2,1-2H3. The van der Waals surface area contributed by atoms with Crippen LogP contribution in [0, 0.1) is 11.8 Å². The number of rotatable bonds is 7. The van der Waals surface area contributed by atoms with Crippen molar-refractivity contribution in [1.29, 1.82) is 0 Å². The second-order valence-electron chi connectivity index (χ2n) is 6.85. The van der Waals surface area contributed by atoms with E-state index in [1.165, 1.54) is 38.5 Å². The van der Waals surface area contributed by atoms with Gasteiger partial charge < -0.3 is 10.3 Å². The van der Waals surface area contributed by atoms with Crippen LogP contribution in [-0.4, -0.2) is 16.7 Å². The lowest BCUT2D eigenvalue weighted by Gasteiger charge is -2.18. The number of nitrogens with zero attached hydrogens (tertiary/aromatic N) is 2. The number of hydrogen-bond donors (Lipinski definition) is 1. The van der Waals surface area contributed by atoms with E-state index in [0.717, 1.165) is 37.5 Å². The molecule has 0 bridgehead atoms. The Bertz CT molecular complexity index is 394. The van der Waals surface area contributed by atoms with E-state index in [2.05, 4.69) is 24.0 Å². The van der Waals surface area contributed by atoms with Crippen LogP contribution in [0.1, 0.15) is 82.8 Å². The summed E-state index contributed by atoms with van der Waals surface area (Å²) in [4.78, 5) is 4.66. The number of aryl methyl sites for hydroxylation is 1. The lowest BCUT2D eigenvalue weighted by molar-refractivity contribution is 0.312. The molecule has 0 saturated heterocycles. The van der Waals surface area contributed by atoms with Gasteiger partial charge in [0.2, 0.25) is 5.89 Å². The van der Waals surface area contributed by atoms with Crippen LogP contribution in [0.3, 0.4) is 0 Å². The Balaban J connectivity index is 1.87. The van der Waals surface area contributed by atoms with Gasteiger partial charge in [-0.25, -0.2) is 0 Å². The summed E-state index contributed by atoms with van der Waals surface area (Å²) in [5, 5.41) is 4.24.